The van der Waals surface area contributed by atoms with Gasteiger partial charge in [0.15, 0.2) is 0 Å². The first-order valence-corrected chi connectivity index (χ1v) is 5.88. The van der Waals surface area contributed by atoms with Crippen LogP contribution in [0.3, 0.4) is 0 Å². The Bertz CT molecular complexity index is 430. The lowest BCUT2D eigenvalue weighted by atomic mass is 10.1. The molecular weight excluding hydrogens is 265 g/mol. The Hall–Kier alpha value is -1.10. The van der Waals surface area contributed by atoms with Gasteiger partial charge in [0.05, 0.1) is 10.7 Å². The van der Waals surface area contributed by atoms with Crippen molar-refractivity contribution in [1.82, 2.24) is 0 Å². The molecule has 0 spiro atoms. The van der Waals surface area contributed by atoms with Gasteiger partial charge in [0.2, 0.25) is 0 Å². The van der Waals surface area contributed by atoms with Crippen LogP contribution < -0.4 is 10.6 Å². The van der Waals surface area contributed by atoms with Crippen molar-refractivity contribution >= 4 is 23.0 Å². The molecule has 0 bridgehead atoms. The molecule has 0 aliphatic rings. The van der Waals surface area contributed by atoms with Gasteiger partial charge in [0.1, 0.15) is 6.54 Å². The smallest absolute Gasteiger partial charge is 0.398 e. The highest BCUT2D eigenvalue weighted by Gasteiger charge is 2.32. The van der Waals surface area contributed by atoms with Crippen LogP contribution in [-0.4, -0.2) is 18.8 Å². The van der Waals surface area contributed by atoms with Crippen molar-refractivity contribution in [1.29, 1.82) is 0 Å². The minimum Gasteiger partial charge on any atom is -0.398 e. The van der Waals surface area contributed by atoms with Crippen LogP contribution in [0.2, 0.25) is 5.02 Å². The van der Waals surface area contributed by atoms with Crippen LogP contribution in [0, 0.1) is 6.92 Å². The van der Waals surface area contributed by atoms with Crippen molar-refractivity contribution < 1.29 is 13.2 Å². The molecule has 0 heterocycles. The summed E-state index contributed by atoms with van der Waals surface area (Å²) in [5, 5.41) is 0.267. The first kappa shape index (κ1) is 15.0. The highest BCUT2D eigenvalue weighted by atomic mass is 35.5. The standard InChI is InChI=1S/C12H16ClF3N2/c1-7(2)18(6-12(14,15)16)11-5-9(13)10(17)4-8(11)3/h4-5,7H,6,17H2,1-3H3. The molecule has 2 nitrogen and oxygen atoms in total. The van der Waals surface area contributed by atoms with Gasteiger partial charge in [0.25, 0.3) is 0 Å². The zero-order chi connectivity index (χ0) is 14.1. The van der Waals surface area contributed by atoms with Gasteiger partial charge < -0.3 is 10.6 Å². The van der Waals surface area contributed by atoms with Crippen molar-refractivity contribution in [2.24, 2.45) is 0 Å². The Morgan fingerprint density at radius 1 is 1.33 bits per heavy atom. The van der Waals surface area contributed by atoms with Crippen LogP contribution in [0.15, 0.2) is 12.1 Å². The zero-order valence-electron chi connectivity index (χ0n) is 10.5. The number of nitrogens with two attached hydrogens (primary N) is 1. The molecule has 0 fully saturated rings. The van der Waals surface area contributed by atoms with Crippen LogP contribution in [0.1, 0.15) is 19.4 Å². The van der Waals surface area contributed by atoms with Gasteiger partial charge in [-0.3, -0.25) is 0 Å². The largest absolute Gasteiger partial charge is 0.405 e. The Balaban J connectivity index is 3.18. The summed E-state index contributed by atoms with van der Waals surface area (Å²) in [5.74, 6) is 0. The molecule has 0 saturated carbocycles. The summed E-state index contributed by atoms with van der Waals surface area (Å²) in [6, 6.07) is 2.78. The predicted molar refractivity (Wildman–Crippen MR) is 69.1 cm³/mol. The summed E-state index contributed by atoms with van der Waals surface area (Å²) >= 11 is 5.87. The molecule has 1 aromatic rings. The molecule has 0 aliphatic heterocycles. The van der Waals surface area contributed by atoms with E-state index in [1.165, 1.54) is 11.0 Å². The number of halogens is 4. The lowest BCUT2D eigenvalue weighted by Gasteiger charge is -2.31. The molecule has 1 rings (SSSR count). The van der Waals surface area contributed by atoms with E-state index >= 15 is 0 Å². The number of nitrogen functional groups attached to an aromatic ring is 1. The van der Waals surface area contributed by atoms with Crippen LogP contribution >= 0.6 is 11.6 Å². The molecule has 0 aromatic heterocycles. The number of hydrogen-bond donors (Lipinski definition) is 1. The number of aryl methyl sites for hydroxylation is 1. The highest BCUT2D eigenvalue weighted by molar-refractivity contribution is 6.33. The first-order chi connectivity index (χ1) is 8.11. The second kappa shape index (κ2) is 5.26. The normalized spacial score (nSPS) is 12.0. The average Bonchev–Trinajstić information content (AvgIpc) is 2.19. The quantitative estimate of drug-likeness (QED) is 0.848. The van der Waals surface area contributed by atoms with Gasteiger partial charge in [-0.05, 0) is 38.5 Å². The lowest BCUT2D eigenvalue weighted by molar-refractivity contribution is -0.120. The third-order valence-electron chi connectivity index (χ3n) is 2.60. The number of anilines is 2. The first-order valence-electron chi connectivity index (χ1n) is 5.51. The Labute approximate surface area is 110 Å². The molecule has 1 aromatic carbocycles. The third-order valence-corrected chi connectivity index (χ3v) is 2.92. The topological polar surface area (TPSA) is 29.3 Å². The van der Waals surface area contributed by atoms with Gasteiger partial charge in [-0.25, -0.2) is 0 Å². The summed E-state index contributed by atoms with van der Waals surface area (Å²) in [6.45, 7) is 4.12. The van der Waals surface area contributed by atoms with Gasteiger partial charge in [0, 0.05) is 11.7 Å². The van der Waals surface area contributed by atoms with Gasteiger partial charge >= 0.3 is 6.18 Å². The van der Waals surface area contributed by atoms with Crippen LogP contribution in [0.4, 0.5) is 24.5 Å². The lowest BCUT2D eigenvalue weighted by Crippen LogP contribution is -2.39. The van der Waals surface area contributed by atoms with Crippen LogP contribution in [0.5, 0.6) is 0 Å². The highest BCUT2D eigenvalue weighted by Crippen LogP contribution is 2.32. The van der Waals surface area contributed by atoms with Crippen molar-refractivity contribution in [3.05, 3.63) is 22.7 Å². The van der Waals surface area contributed by atoms with Crippen LogP contribution in [-0.2, 0) is 0 Å². The molecule has 2 N–H and O–H groups in total. The molecule has 18 heavy (non-hydrogen) atoms. The van der Waals surface area contributed by atoms with Gasteiger partial charge in [-0.2, -0.15) is 13.2 Å². The number of alkyl halides is 3. The number of benzene rings is 1. The molecule has 6 heteroatoms. The van der Waals surface area contributed by atoms with Crippen LogP contribution in [0.25, 0.3) is 0 Å². The van der Waals surface area contributed by atoms with Gasteiger partial charge in [-0.1, -0.05) is 11.6 Å². The zero-order valence-corrected chi connectivity index (χ0v) is 11.2. The molecule has 0 atom stereocenters. The summed E-state index contributed by atoms with van der Waals surface area (Å²) in [5.41, 5.74) is 7.12. The number of nitrogens with zero attached hydrogens (tertiary/aromatic N) is 1. The average molecular weight is 281 g/mol. The van der Waals surface area contributed by atoms with E-state index in [2.05, 4.69) is 0 Å². The van der Waals surface area contributed by atoms with Crippen molar-refractivity contribution in [2.75, 3.05) is 17.2 Å². The second-order valence-corrected chi connectivity index (χ2v) is 4.90. The predicted octanol–water partition coefficient (Wildman–Crippen LogP) is 4.01. The minimum atomic E-state index is -4.26. The van der Waals surface area contributed by atoms with E-state index in [1.807, 2.05) is 0 Å². The maximum Gasteiger partial charge on any atom is 0.405 e. The molecule has 0 unspecified atom stereocenters. The van der Waals surface area contributed by atoms with E-state index in [0.717, 1.165) is 0 Å². The monoisotopic (exact) mass is 280 g/mol. The summed E-state index contributed by atoms with van der Waals surface area (Å²) in [4.78, 5) is 1.26. The van der Waals surface area contributed by atoms with E-state index in [4.69, 9.17) is 17.3 Å². The van der Waals surface area contributed by atoms with Gasteiger partial charge in [-0.15, -0.1) is 0 Å². The molecule has 0 saturated heterocycles. The fraction of sp³-hybridized carbons (Fsp3) is 0.500. The Morgan fingerprint density at radius 2 is 1.89 bits per heavy atom. The molecule has 0 aliphatic carbocycles. The van der Waals surface area contributed by atoms with Crippen molar-refractivity contribution in [2.45, 2.75) is 33.0 Å². The molecule has 0 amide bonds. The van der Waals surface area contributed by atoms with E-state index in [-0.39, 0.29) is 11.1 Å². The number of rotatable bonds is 3. The fourth-order valence-corrected chi connectivity index (χ4v) is 1.90. The SMILES string of the molecule is Cc1cc(N)c(Cl)cc1N(CC(F)(F)F)C(C)C. The summed E-state index contributed by atoms with van der Waals surface area (Å²) in [7, 11) is 0. The van der Waals surface area contributed by atoms with E-state index < -0.39 is 12.7 Å². The maximum atomic E-state index is 12.6. The maximum absolute atomic E-state index is 12.6. The molecular formula is C12H16ClF3N2. The van der Waals surface area contributed by atoms with E-state index in [9.17, 15) is 13.2 Å². The summed E-state index contributed by atoms with van der Waals surface area (Å²) < 4.78 is 37.7. The summed E-state index contributed by atoms with van der Waals surface area (Å²) in [6.07, 6.45) is -4.26. The molecule has 102 valence electrons. The Kier molecular flexibility index (Phi) is 4.37. The minimum absolute atomic E-state index is 0.267. The fourth-order valence-electron chi connectivity index (χ4n) is 1.74. The third kappa shape index (κ3) is 3.70. The van der Waals surface area contributed by atoms with E-state index in [0.29, 0.717) is 16.9 Å². The van der Waals surface area contributed by atoms with Crippen molar-refractivity contribution in [3.63, 3.8) is 0 Å². The Morgan fingerprint density at radius 3 is 2.33 bits per heavy atom. The number of hydrogen-bond acceptors (Lipinski definition) is 2. The van der Waals surface area contributed by atoms with Crippen molar-refractivity contribution in [3.8, 4) is 0 Å². The van der Waals surface area contributed by atoms with E-state index in [1.54, 1.807) is 26.8 Å². The second-order valence-electron chi connectivity index (χ2n) is 4.50. The molecule has 0 radical (unpaired) electrons.